The van der Waals surface area contributed by atoms with Gasteiger partial charge in [-0.2, -0.15) is 0 Å². The average Bonchev–Trinajstić information content (AvgIpc) is 2.72. The van der Waals surface area contributed by atoms with E-state index >= 15 is 0 Å². The molecule has 0 saturated carbocycles. The zero-order valence-electron chi connectivity index (χ0n) is 15.8. The van der Waals surface area contributed by atoms with Gasteiger partial charge in [-0.15, -0.1) is 0 Å². The van der Waals surface area contributed by atoms with Gasteiger partial charge in [-0.05, 0) is 24.1 Å². The molecule has 146 valence electrons. The molecule has 0 fully saturated rings. The molecule has 1 atom stereocenters. The van der Waals surface area contributed by atoms with E-state index in [1.165, 1.54) is 0 Å². The van der Waals surface area contributed by atoms with Crippen molar-refractivity contribution in [1.82, 2.24) is 4.90 Å². The second-order valence-electron chi connectivity index (χ2n) is 6.75. The quantitative estimate of drug-likeness (QED) is 0.762. The molecule has 2 aromatic rings. The number of carbonyl (C=O) groups is 2. The average molecular weight is 380 g/mol. The molecule has 6 heteroatoms. The second kappa shape index (κ2) is 8.71. The number of nitrogens with zero attached hydrogens (tertiary/aromatic N) is 2. The van der Waals surface area contributed by atoms with E-state index in [0.717, 1.165) is 18.4 Å². The zero-order chi connectivity index (χ0) is 20.1. The molecule has 1 heterocycles. The smallest absolute Gasteiger partial charge is 0.353 e. The minimum absolute atomic E-state index is 0.0832. The summed E-state index contributed by atoms with van der Waals surface area (Å²) in [7, 11) is 0. The van der Waals surface area contributed by atoms with E-state index in [2.05, 4.69) is 6.92 Å². The number of para-hydroxylation sites is 1. The molecule has 2 N–H and O–H groups in total. The van der Waals surface area contributed by atoms with Crippen LogP contribution in [-0.4, -0.2) is 40.1 Å². The highest BCUT2D eigenvalue weighted by Crippen LogP contribution is 2.39. The topological polar surface area (TPSA) is 81.1 Å². The third-order valence-corrected chi connectivity index (χ3v) is 4.87. The number of hydrogen-bond acceptors (Lipinski definition) is 4. The van der Waals surface area contributed by atoms with E-state index in [1.807, 2.05) is 65.6 Å². The molecule has 28 heavy (non-hydrogen) atoms. The van der Waals surface area contributed by atoms with Gasteiger partial charge in [-0.25, -0.2) is 9.59 Å². The van der Waals surface area contributed by atoms with Crippen molar-refractivity contribution < 1.29 is 19.8 Å². The number of aliphatic carboxylic acids is 2. The van der Waals surface area contributed by atoms with E-state index in [9.17, 15) is 19.8 Å². The number of hydrogen-bond donors (Lipinski definition) is 2. The SMILES string of the molecule is CCCCN1CC(C(=O)O)=C(C(=O)O)N(c2ccccc2)C1c1ccccc1. The Morgan fingerprint density at radius 2 is 1.57 bits per heavy atom. The van der Waals surface area contributed by atoms with Gasteiger partial charge in [0, 0.05) is 18.8 Å². The minimum atomic E-state index is -1.24. The molecular formula is C22H24N2O4. The number of carboxylic acids is 2. The highest BCUT2D eigenvalue weighted by atomic mass is 16.4. The molecule has 0 aromatic heterocycles. The number of anilines is 1. The Kier molecular flexibility index (Phi) is 6.11. The van der Waals surface area contributed by atoms with Gasteiger partial charge in [0.15, 0.2) is 0 Å². The maximum atomic E-state index is 12.2. The van der Waals surface area contributed by atoms with Gasteiger partial charge in [-0.3, -0.25) is 4.90 Å². The van der Waals surface area contributed by atoms with Gasteiger partial charge in [0.25, 0.3) is 0 Å². The summed E-state index contributed by atoms with van der Waals surface area (Å²) in [6.45, 7) is 2.83. The number of benzene rings is 2. The fraction of sp³-hybridized carbons (Fsp3) is 0.273. The Morgan fingerprint density at radius 1 is 0.964 bits per heavy atom. The van der Waals surface area contributed by atoms with Crippen molar-refractivity contribution in [3.63, 3.8) is 0 Å². The maximum absolute atomic E-state index is 12.2. The van der Waals surface area contributed by atoms with Gasteiger partial charge in [-0.1, -0.05) is 61.9 Å². The minimum Gasteiger partial charge on any atom is -0.478 e. The second-order valence-corrected chi connectivity index (χ2v) is 6.75. The summed E-state index contributed by atoms with van der Waals surface area (Å²) in [5.41, 5.74) is 1.29. The molecule has 0 amide bonds. The van der Waals surface area contributed by atoms with Crippen LogP contribution >= 0.6 is 0 Å². The molecule has 0 aliphatic carbocycles. The van der Waals surface area contributed by atoms with E-state index < -0.39 is 18.1 Å². The molecule has 1 unspecified atom stereocenters. The van der Waals surface area contributed by atoms with Gasteiger partial charge in [0.05, 0.1) is 5.57 Å². The third-order valence-electron chi connectivity index (χ3n) is 4.87. The maximum Gasteiger partial charge on any atom is 0.353 e. The van der Waals surface area contributed by atoms with Crippen molar-refractivity contribution in [3.8, 4) is 0 Å². The number of carboxylic acid groups (broad SMARTS) is 2. The predicted octanol–water partition coefficient (Wildman–Crippen LogP) is 3.73. The lowest BCUT2D eigenvalue weighted by molar-refractivity contribution is -0.137. The van der Waals surface area contributed by atoms with Gasteiger partial charge in [0.1, 0.15) is 11.9 Å². The van der Waals surface area contributed by atoms with Crippen LogP contribution in [0.1, 0.15) is 31.5 Å². The van der Waals surface area contributed by atoms with Crippen molar-refractivity contribution in [3.05, 3.63) is 77.5 Å². The standard InChI is InChI=1S/C22H24N2O4/c1-2-3-14-23-15-18(21(25)26)19(22(27)28)24(17-12-8-5-9-13-17)20(23)16-10-6-4-7-11-16/h4-13,20H,2-3,14-15H2,1H3,(H,25,26)(H,27,28). The van der Waals surface area contributed by atoms with Crippen LogP contribution in [0.15, 0.2) is 71.9 Å². The Labute approximate surface area is 164 Å². The van der Waals surface area contributed by atoms with Crippen molar-refractivity contribution in [1.29, 1.82) is 0 Å². The summed E-state index contributed by atoms with van der Waals surface area (Å²) in [4.78, 5) is 27.8. The van der Waals surface area contributed by atoms with E-state index in [-0.39, 0.29) is 17.8 Å². The number of rotatable bonds is 7. The van der Waals surface area contributed by atoms with Gasteiger partial charge in [0.2, 0.25) is 0 Å². The first-order valence-electron chi connectivity index (χ1n) is 9.37. The lowest BCUT2D eigenvalue weighted by atomic mass is 10.00. The summed E-state index contributed by atoms with van der Waals surface area (Å²) in [6, 6.07) is 18.7. The molecule has 0 bridgehead atoms. The fourth-order valence-corrected chi connectivity index (χ4v) is 3.60. The fourth-order valence-electron chi connectivity index (χ4n) is 3.60. The molecule has 1 aliphatic heterocycles. The summed E-state index contributed by atoms with van der Waals surface area (Å²) in [5.74, 6) is -2.44. The Balaban J connectivity index is 2.24. The van der Waals surface area contributed by atoms with E-state index in [4.69, 9.17) is 0 Å². The van der Waals surface area contributed by atoms with Crippen LogP contribution in [0.25, 0.3) is 0 Å². The first kappa shape index (κ1) is 19.6. The molecule has 3 rings (SSSR count). The Morgan fingerprint density at radius 3 is 2.11 bits per heavy atom. The van der Waals surface area contributed by atoms with E-state index in [0.29, 0.717) is 12.2 Å². The monoisotopic (exact) mass is 380 g/mol. The molecule has 0 spiro atoms. The van der Waals surface area contributed by atoms with Crippen LogP contribution in [0.5, 0.6) is 0 Å². The van der Waals surface area contributed by atoms with Crippen LogP contribution in [0.2, 0.25) is 0 Å². The van der Waals surface area contributed by atoms with Crippen LogP contribution in [0.4, 0.5) is 5.69 Å². The van der Waals surface area contributed by atoms with E-state index in [1.54, 1.807) is 4.90 Å². The lowest BCUT2D eigenvalue weighted by Crippen LogP contribution is -2.50. The first-order valence-corrected chi connectivity index (χ1v) is 9.37. The molecule has 0 saturated heterocycles. The van der Waals surface area contributed by atoms with Crippen LogP contribution in [0.3, 0.4) is 0 Å². The molecular weight excluding hydrogens is 356 g/mol. The largest absolute Gasteiger partial charge is 0.478 e. The zero-order valence-corrected chi connectivity index (χ0v) is 15.8. The highest BCUT2D eigenvalue weighted by Gasteiger charge is 2.40. The van der Waals surface area contributed by atoms with Crippen molar-refractivity contribution >= 4 is 17.6 Å². The Bertz CT molecular complexity index is 865. The van der Waals surface area contributed by atoms with Crippen molar-refractivity contribution in [2.24, 2.45) is 0 Å². The van der Waals surface area contributed by atoms with Gasteiger partial charge >= 0.3 is 11.9 Å². The summed E-state index contributed by atoms with van der Waals surface area (Å²) in [6.07, 6.45) is 1.45. The molecule has 6 nitrogen and oxygen atoms in total. The molecule has 0 radical (unpaired) electrons. The van der Waals surface area contributed by atoms with Crippen LogP contribution in [0, 0.1) is 0 Å². The van der Waals surface area contributed by atoms with Gasteiger partial charge < -0.3 is 15.1 Å². The number of unbranched alkanes of at least 4 members (excludes halogenated alkanes) is 1. The van der Waals surface area contributed by atoms with Crippen LogP contribution < -0.4 is 4.90 Å². The van der Waals surface area contributed by atoms with Crippen molar-refractivity contribution in [2.75, 3.05) is 18.0 Å². The summed E-state index contributed by atoms with van der Waals surface area (Å²) < 4.78 is 0. The Hall–Kier alpha value is -3.12. The lowest BCUT2D eigenvalue weighted by Gasteiger charge is -2.45. The summed E-state index contributed by atoms with van der Waals surface area (Å²) >= 11 is 0. The first-order chi connectivity index (χ1) is 13.5. The third kappa shape index (κ3) is 3.92. The predicted molar refractivity (Wildman–Crippen MR) is 107 cm³/mol. The molecule has 1 aliphatic rings. The van der Waals surface area contributed by atoms with Crippen LogP contribution in [-0.2, 0) is 9.59 Å². The molecule has 2 aromatic carbocycles. The van der Waals surface area contributed by atoms with Crippen molar-refractivity contribution in [2.45, 2.75) is 25.9 Å². The summed E-state index contributed by atoms with van der Waals surface area (Å²) in [5, 5.41) is 19.7. The normalized spacial score (nSPS) is 17.6. The highest BCUT2D eigenvalue weighted by molar-refractivity contribution is 6.02.